The highest BCUT2D eigenvalue weighted by Crippen LogP contribution is 1.92. The zero-order valence-electron chi connectivity index (χ0n) is 11.6. The second-order valence-electron chi connectivity index (χ2n) is 3.00. The van der Waals surface area contributed by atoms with Crippen LogP contribution in [0.1, 0.15) is 0 Å². The van der Waals surface area contributed by atoms with Gasteiger partial charge in [-0.2, -0.15) is 16.8 Å². The van der Waals surface area contributed by atoms with Crippen LogP contribution < -0.4 is 12.3 Å². The van der Waals surface area contributed by atoms with Gasteiger partial charge >= 0.3 is 20.8 Å². The Labute approximate surface area is 128 Å². The Kier molecular flexibility index (Phi) is 20.6. The van der Waals surface area contributed by atoms with Gasteiger partial charge in [-0.25, -0.2) is 0 Å². The SMILES string of the molecule is N.N.O=S(=O)(O)OOS(=O)(=O)O.OCCN(CCO)CCO. The molecule has 0 amide bonds. The molecule has 0 saturated heterocycles. The van der Waals surface area contributed by atoms with E-state index in [-0.39, 0.29) is 32.1 Å². The molecule has 0 aliphatic heterocycles. The van der Waals surface area contributed by atoms with Crippen LogP contribution in [0.5, 0.6) is 0 Å². The highest BCUT2D eigenvalue weighted by atomic mass is 32.3. The van der Waals surface area contributed by atoms with Crippen molar-refractivity contribution >= 4 is 20.8 Å². The number of aliphatic hydroxyl groups excluding tert-OH is 3. The maximum absolute atomic E-state index is 9.51. The van der Waals surface area contributed by atoms with Crippen molar-refractivity contribution in [1.82, 2.24) is 17.2 Å². The minimum Gasteiger partial charge on any atom is -0.395 e. The smallest absolute Gasteiger partial charge is 0.395 e. The lowest BCUT2D eigenvalue weighted by Gasteiger charge is -2.17. The Hall–Kier alpha value is -0.500. The van der Waals surface area contributed by atoms with Gasteiger partial charge in [-0.05, 0) is 0 Å². The van der Waals surface area contributed by atoms with Crippen LogP contribution in [0.15, 0.2) is 0 Å². The molecule has 0 fully saturated rings. The van der Waals surface area contributed by atoms with Crippen LogP contribution in [0.25, 0.3) is 0 Å². The molecule has 11 N–H and O–H groups in total. The van der Waals surface area contributed by atoms with Gasteiger partial charge in [-0.15, -0.1) is 0 Å². The third kappa shape index (κ3) is 27.8. The maximum Gasteiger partial charge on any atom is 0.425 e. The standard InChI is InChI=1S/C6H15NO3.2H3N.H2O8S2/c8-4-1-7(2-5-9)3-6-10;;;1-9(2,3)7-8-10(4,5)6/h8-10H,1-6H2;2*1H3;(H,1,2,3)(H,4,5,6). The molecule has 22 heavy (non-hydrogen) atoms. The quantitative estimate of drug-likeness (QED) is 0.121. The van der Waals surface area contributed by atoms with Crippen molar-refractivity contribution in [3.05, 3.63) is 0 Å². The van der Waals surface area contributed by atoms with E-state index in [1.807, 2.05) is 0 Å². The van der Waals surface area contributed by atoms with Gasteiger partial charge in [0.15, 0.2) is 0 Å². The van der Waals surface area contributed by atoms with E-state index in [0.717, 1.165) is 0 Å². The van der Waals surface area contributed by atoms with Gasteiger partial charge < -0.3 is 27.6 Å². The molecule has 0 saturated carbocycles. The van der Waals surface area contributed by atoms with E-state index < -0.39 is 20.8 Å². The fourth-order valence-electron chi connectivity index (χ4n) is 0.830. The van der Waals surface area contributed by atoms with Gasteiger partial charge in [0.2, 0.25) is 0 Å². The third-order valence-corrected chi connectivity index (χ3v) is 2.01. The average molecular weight is 377 g/mol. The van der Waals surface area contributed by atoms with Gasteiger partial charge in [0.25, 0.3) is 0 Å². The Bertz CT molecular complexity index is 379. The van der Waals surface area contributed by atoms with E-state index >= 15 is 0 Å². The molecule has 0 heterocycles. The molecule has 0 atom stereocenters. The number of nitrogens with zero attached hydrogens (tertiary/aromatic N) is 1. The summed E-state index contributed by atoms with van der Waals surface area (Å²) in [5, 5.41) is 25.5. The van der Waals surface area contributed by atoms with Gasteiger partial charge in [-0.1, -0.05) is 8.67 Å². The van der Waals surface area contributed by atoms with Gasteiger partial charge in [0.05, 0.1) is 19.8 Å². The summed E-state index contributed by atoms with van der Waals surface area (Å²) in [4.78, 5) is 1.79. The Balaban J connectivity index is -0.000000135. The molecule has 0 aromatic carbocycles. The predicted molar refractivity (Wildman–Crippen MR) is 73.0 cm³/mol. The molecule has 0 aliphatic rings. The molecular formula is C6H23N3O11S2. The van der Waals surface area contributed by atoms with Crippen molar-refractivity contribution in [3.63, 3.8) is 0 Å². The normalized spacial score (nSPS) is 11.0. The van der Waals surface area contributed by atoms with Crippen LogP contribution in [0.2, 0.25) is 0 Å². The fraction of sp³-hybridized carbons (Fsp3) is 1.00. The molecule has 0 unspecified atom stereocenters. The first-order valence-electron chi connectivity index (χ1n) is 4.93. The van der Waals surface area contributed by atoms with Crippen LogP contribution in [0, 0.1) is 0 Å². The minimum atomic E-state index is -5.02. The number of hydrogen-bond acceptors (Lipinski definition) is 12. The Morgan fingerprint density at radius 1 is 0.682 bits per heavy atom. The lowest BCUT2D eigenvalue weighted by Crippen LogP contribution is -2.32. The lowest BCUT2D eigenvalue weighted by molar-refractivity contribution is -0.105. The van der Waals surface area contributed by atoms with Crippen LogP contribution >= 0.6 is 0 Å². The van der Waals surface area contributed by atoms with Gasteiger partial charge in [0, 0.05) is 19.6 Å². The largest absolute Gasteiger partial charge is 0.425 e. The van der Waals surface area contributed by atoms with Crippen molar-refractivity contribution in [3.8, 4) is 0 Å². The molecule has 0 aliphatic carbocycles. The first-order valence-corrected chi connectivity index (χ1v) is 7.66. The highest BCUT2D eigenvalue weighted by Gasteiger charge is 2.13. The summed E-state index contributed by atoms with van der Waals surface area (Å²) in [6.07, 6.45) is 0. The van der Waals surface area contributed by atoms with Crippen LogP contribution in [0.4, 0.5) is 0 Å². The van der Waals surface area contributed by atoms with E-state index in [0.29, 0.717) is 19.6 Å². The van der Waals surface area contributed by atoms with Crippen molar-refractivity contribution in [2.24, 2.45) is 0 Å². The topological polar surface area (TPSA) is 261 Å². The Morgan fingerprint density at radius 3 is 1.05 bits per heavy atom. The summed E-state index contributed by atoms with van der Waals surface area (Å²) in [7, 11) is -10.0. The Morgan fingerprint density at radius 2 is 0.909 bits per heavy atom. The summed E-state index contributed by atoms with van der Waals surface area (Å²) < 4.78 is 58.9. The number of aliphatic hydroxyl groups is 3. The van der Waals surface area contributed by atoms with Crippen LogP contribution in [-0.2, 0) is 29.5 Å². The van der Waals surface area contributed by atoms with Crippen molar-refractivity contribution in [2.45, 2.75) is 0 Å². The zero-order chi connectivity index (χ0) is 16.2. The molecule has 0 rings (SSSR count). The monoisotopic (exact) mass is 377 g/mol. The predicted octanol–water partition coefficient (Wildman–Crippen LogP) is -2.87. The number of rotatable bonds is 9. The van der Waals surface area contributed by atoms with Crippen molar-refractivity contribution in [1.29, 1.82) is 0 Å². The summed E-state index contributed by atoms with van der Waals surface area (Å²) in [5.74, 6) is 0. The molecule has 0 aromatic heterocycles. The van der Waals surface area contributed by atoms with E-state index in [1.165, 1.54) is 0 Å². The molecule has 0 aromatic rings. The number of hydrogen-bond donors (Lipinski definition) is 7. The molecule has 0 spiro atoms. The second-order valence-corrected chi connectivity index (χ2v) is 4.99. The maximum atomic E-state index is 9.51. The average Bonchev–Trinajstić information content (AvgIpc) is 2.27. The minimum absolute atomic E-state index is 0. The highest BCUT2D eigenvalue weighted by molar-refractivity contribution is 7.83. The zero-order valence-corrected chi connectivity index (χ0v) is 13.2. The summed E-state index contributed by atoms with van der Waals surface area (Å²) in [6, 6.07) is 0. The van der Waals surface area contributed by atoms with Crippen molar-refractivity contribution < 1.29 is 49.9 Å². The van der Waals surface area contributed by atoms with Crippen molar-refractivity contribution in [2.75, 3.05) is 39.5 Å². The molecule has 0 bridgehead atoms. The summed E-state index contributed by atoms with van der Waals surface area (Å²) >= 11 is 0. The second kappa shape index (κ2) is 15.4. The van der Waals surface area contributed by atoms with Crippen LogP contribution in [0.3, 0.4) is 0 Å². The van der Waals surface area contributed by atoms with E-state index in [1.54, 1.807) is 4.90 Å². The summed E-state index contributed by atoms with van der Waals surface area (Å²) in [6.45, 7) is 1.75. The lowest BCUT2D eigenvalue weighted by atomic mass is 10.4. The summed E-state index contributed by atoms with van der Waals surface area (Å²) in [5.41, 5.74) is 0. The molecule has 16 heteroatoms. The van der Waals surface area contributed by atoms with E-state index in [4.69, 9.17) is 24.4 Å². The van der Waals surface area contributed by atoms with E-state index in [2.05, 4.69) is 8.67 Å². The first kappa shape index (κ1) is 29.5. The molecule has 140 valence electrons. The van der Waals surface area contributed by atoms with E-state index in [9.17, 15) is 16.8 Å². The van der Waals surface area contributed by atoms with Gasteiger partial charge in [0.1, 0.15) is 0 Å². The first-order chi connectivity index (χ1) is 9.05. The molecule has 14 nitrogen and oxygen atoms in total. The third-order valence-electron chi connectivity index (χ3n) is 1.45. The van der Waals surface area contributed by atoms with Gasteiger partial charge in [-0.3, -0.25) is 14.0 Å². The van der Waals surface area contributed by atoms with Crippen LogP contribution in [-0.4, -0.2) is 85.6 Å². The molecule has 0 radical (unpaired) electrons. The molecular weight excluding hydrogens is 354 g/mol. The fourth-order valence-corrected chi connectivity index (χ4v) is 1.39.